The highest BCUT2D eigenvalue weighted by atomic mass is 19.3. The zero-order valence-corrected chi connectivity index (χ0v) is 19.4. The molecule has 0 spiro atoms. The topological polar surface area (TPSA) is 0 Å². The van der Waals surface area contributed by atoms with Crippen LogP contribution < -0.4 is 0 Å². The number of hydrogen-bond donors (Lipinski definition) is 0. The lowest BCUT2D eigenvalue weighted by molar-refractivity contribution is -0.149. The van der Waals surface area contributed by atoms with Crippen molar-refractivity contribution in [3.8, 4) is 11.1 Å². The van der Waals surface area contributed by atoms with Crippen molar-refractivity contribution in [2.45, 2.75) is 51.4 Å². The number of hydrogen-bond acceptors (Lipinski definition) is 0. The third kappa shape index (κ3) is 4.72. The number of allylic oxidation sites excluding steroid dienone is 4. The summed E-state index contributed by atoms with van der Waals surface area (Å²) >= 11 is 0. The summed E-state index contributed by atoms with van der Waals surface area (Å²) in [5.41, 5.74) is 4.06. The smallest absolute Gasteiger partial charge is 0.194 e. The van der Waals surface area contributed by atoms with Gasteiger partial charge < -0.3 is 0 Å². The lowest BCUT2D eigenvalue weighted by Crippen LogP contribution is -2.44. The standard InChI is InChI=1S/C30H28F4/c1-3-4-22-9-16-26(17-10-22)28-20-19-27(29(31,32)30(28,33)34)18-11-23-7-14-25(15-8-23)24-12-5-21(2)6-13-24/h5-10,12-17,19-20H,3-4,11,18H2,1-2H3. The van der Waals surface area contributed by atoms with Gasteiger partial charge >= 0.3 is 11.8 Å². The van der Waals surface area contributed by atoms with E-state index in [-0.39, 0.29) is 18.4 Å². The Morgan fingerprint density at radius 2 is 1.06 bits per heavy atom. The molecule has 4 heteroatoms. The van der Waals surface area contributed by atoms with Crippen LogP contribution in [0.25, 0.3) is 16.7 Å². The zero-order valence-electron chi connectivity index (χ0n) is 19.4. The fourth-order valence-electron chi connectivity index (χ4n) is 4.31. The molecule has 0 fully saturated rings. The normalized spacial score (nSPS) is 16.6. The van der Waals surface area contributed by atoms with Crippen molar-refractivity contribution in [1.29, 1.82) is 0 Å². The summed E-state index contributed by atoms with van der Waals surface area (Å²) in [7, 11) is 0. The fraction of sp³-hybridized carbons (Fsp3) is 0.267. The van der Waals surface area contributed by atoms with Crippen molar-refractivity contribution in [2.24, 2.45) is 0 Å². The lowest BCUT2D eigenvalue weighted by Gasteiger charge is -2.33. The molecule has 0 unspecified atom stereocenters. The molecule has 4 rings (SSSR count). The third-order valence-electron chi connectivity index (χ3n) is 6.41. The van der Waals surface area contributed by atoms with Gasteiger partial charge in [0.1, 0.15) is 0 Å². The number of alkyl halides is 4. The second kappa shape index (κ2) is 9.61. The maximum atomic E-state index is 15.0. The molecule has 0 saturated heterocycles. The number of aryl methyl sites for hydroxylation is 3. The molecule has 34 heavy (non-hydrogen) atoms. The van der Waals surface area contributed by atoms with Crippen molar-refractivity contribution in [1.82, 2.24) is 0 Å². The van der Waals surface area contributed by atoms with Crippen LogP contribution in [0, 0.1) is 6.92 Å². The second-order valence-electron chi connectivity index (χ2n) is 8.93. The van der Waals surface area contributed by atoms with Crippen LogP contribution in [-0.2, 0) is 12.8 Å². The van der Waals surface area contributed by atoms with Gasteiger partial charge in [-0.3, -0.25) is 0 Å². The molecular weight excluding hydrogens is 436 g/mol. The third-order valence-corrected chi connectivity index (χ3v) is 6.41. The Labute approximate surface area is 198 Å². The van der Waals surface area contributed by atoms with Gasteiger partial charge in [0.15, 0.2) is 0 Å². The van der Waals surface area contributed by atoms with Crippen molar-refractivity contribution in [3.05, 3.63) is 113 Å². The van der Waals surface area contributed by atoms with Crippen molar-refractivity contribution >= 4 is 5.57 Å². The van der Waals surface area contributed by atoms with Gasteiger partial charge in [0.2, 0.25) is 0 Å². The first-order valence-electron chi connectivity index (χ1n) is 11.6. The van der Waals surface area contributed by atoms with Gasteiger partial charge in [-0.25, -0.2) is 0 Å². The monoisotopic (exact) mass is 464 g/mol. The molecule has 0 saturated carbocycles. The minimum Gasteiger partial charge on any atom is -0.194 e. The summed E-state index contributed by atoms with van der Waals surface area (Å²) in [5, 5.41) is 0. The molecule has 0 amide bonds. The van der Waals surface area contributed by atoms with E-state index < -0.39 is 23.0 Å². The molecule has 176 valence electrons. The van der Waals surface area contributed by atoms with Crippen LogP contribution in [0.3, 0.4) is 0 Å². The van der Waals surface area contributed by atoms with E-state index in [1.165, 1.54) is 23.8 Å². The van der Waals surface area contributed by atoms with Gasteiger partial charge in [-0.15, -0.1) is 0 Å². The minimum absolute atomic E-state index is 0.131. The van der Waals surface area contributed by atoms with Gasteiger partial charge in [-0.1, -0.05) is 104 Å². The Kier molecular flexibility index (Phi) is 6.79. The maximum Gasteiger partial charge on any atom is 0.339 e. The quantitative estimate of drug-likeness (QED) is 0.306. The Balaban J connectivity index is 1.51. The Morgan fingerprint density at radius 1 is 0.559 bits per heavy atom. The Morgan fingerprint density at radius 3 is 1.62 bits per heavy atom. The Hall–Kier alpha value is -3.14. The second-order valence-corrected chi connectivity index (χ2v) is 8.93. The highest BCUT2D eigenvalue weighted by molar-refractivity contribution is 5.76. The first kappa shape index (κ1) is 24.0. The van der Waals surface area contributed by atoms with Crippen LogP contribution >= 0.6 is 0 Å². The molecule has 0 nitrogen and oxygen atoms in total. The molecule has 0 atom stereocenters. The van der Waals surface area contributed by atoms with Gasteiger partial charge in [0.05, 0.1) is 0 Å². The van der Waals surface area contributed by atoms with E-state index in [0.717, 1.165) is 41.2 Å². The number of halogens is 4. The van der Waals surface area contributed by atoms with E-state index >= 15 is 0 Å². The van der Waals surface area contributed by atoms with Crippen LogP contribution in [-0.4, -0.2) is 11.8 Å². The van der Waals surface area contributed by atoms with Crippen LogP contribution in [0.4, 0.5) is 17.6 Å². The van der Waals surface area contributed by atoms with E-state index in [2.05, 4.69) is 0 Å². The van der Waals surface area contributed by atoms with Gasteiger partial charge in [0.25, 0.3) is 0 Å². The van der Waals surface area contributed by atoms with Crippen LogP contribution in [0.2, 0.25) is 0 Å². The highest BCUT2D eigenvalue weighted by Crippen LogP contribution is 2.51. The predicted octanol–water partition coefficient (Wildman–Crippen LogP) is 8.84. The molecular formula is C30H28F4. The SMILES string of the molecule is CCCc1ccc(C2=CC=C(CCc3ccc(-c4ccc(C)cc4)cc3)C(F)(F)C2(F)F)cc1. The number of benzene rings is 3. The molecule has 0 aliphatic heterocycles. The number of rotatable bonds is 7. The molecule has 0 N–H and O–H groups in total. The summed E-state index contributed by atoms with van der Waals surface area (Å²) in [5.74, 6) is -8.50. The molecule has 0 bridgehead atoms. The van der Waals surface area contributed by atoms with Crippen LogP contribution in [0.5, 0.6) is 0 Å². The predicted molar refractivity (Wildman–Crippen MR) is 131 cm³/mol. The Bertz CT molecular complexity index is 1180. The molecule has 1 aliphatic carbocycles. The fourth-order valence-corrected chi connectivity index (χ4v) is 4.31. The van der Waals surface area contributed by atoms with E-state index in [9.17, 15) is 17.6 Å². The van der Waals surface area contributed by atoms with E-state index in [4.69, 9.17) is 0 Å². The molecule has 3 aromatic carbocycles. The van der Waals surface area contributed by atoms with Gasteiger partial charge in [-0.05, 0) is 54.0 Å². The van der Waals surface area contributed by atoms with Crippen LogP contribution in [0.1, 0.15) is 42.0 Å². The van der Waals surface area contributed by atoms with E-state index in [0.29, 0.717) is 0 Å². The average molecular weight is 465 g/mol. The first-order chi connectivity index (χ1) is 16.2. The summed E-state index contributed by atoms with van der Waals surface area (Å²) < 4.78 is 59.8. The maximum absolute atomic E-state index is 15.0. The molecule has 0 radical (unpaired) electrons. The largest absolute Gasteiger partial charge is 0.339 e. The molecule has 0 aromatic heterocycles. The van der Waals surface area contributed by atoms with E-state index in [1.54, 1.807) is 12.1 Å². The van der Waals surface area contributed by atoms with Gasteiger partial charge in [-0.2, -0.15) is 17.6 Å². The van der Waals surface area contributed by atoms with Crippen molar-refractivity contribution in [3.63, 3.8) is 0 Å². The summed E-state index contributed by atoms with van der Waals surface area (Å²) in [6.45, 7) is 4.05. The van der Waals surface area contributed by atoms with Crippen LogP contribution in [0.15, 0.2) is 90.5 Å². The summed E-state index contributed by atoms with van der Waals surface area (Å²) in [6, 6.07) is 22.2. The zero-order chi connectivity index (χ0) is 24.3. The molecule has 3 aromatic rings. The first-order valence-corrected chi connectivity index (χ1v) is 11.6. The van der Waals surface area contributed by atoms with Gasteiger partial charge in [0, 0.05) is 11.1 Å². The van der Waals surface area contributed by atoms with E-state index in [1.807, 2.05) is 62.4 Å². The van der Waals surface area contributed by atoms with Crippen molar-refractivity contribution in [2.75, 3.05) is 0 Å². The lowest BCUT2D eigenvalue weighted by atomic mass is 9.84. The summed E-state index contributed by atoms with van der Waals surface area (Å²) in [6.07, 6.45) is 4.21. The summed E-state index contributed by atoms with van der Waals surface area (Å²) in [4.78, 5) is 0. The minimum atomic E-state index is -4.27. The highest BCUT2D eigenvalue weighted by Gasteiger charge is 2.61. The van der Waals surface area contributed by atoms with Crippen molar-refractivity contribution < 1.29 is 17.6 Å². The average Bonchev–Trinajstić information content (AvgIpc) is 2.82. The molecule has 0 heterocycles. The molecule has 1 aliphatic rings.